The number of hydrogen-bond acceptors (Lipinski definition) is 5. The molecule has 7 nitrogen and oxygen atoms in total. The molecule has 4 rings (SSSR count). The van der Waals surface area contributed by atoms with Crippen molar-refractivity contribution in [1.29, 1.82) is 0 Å². The van der Waals surface area contributed by atoms with Gasteiger partial charge < -0.3 is 15.0 Å². The van der Waals surface area contributed by atoms with Gasteiger partial charge in [0.25, 0.3) is 0 Å². The molecule has 8 heteroatoms. The van der Waals surface area contributed by atoms with Crippen LogP contribution in [0.15, 0.2) is 53.4 Å². The molecule has 0 spiro atoms. The molecule has 0 saturated carbocycles. The average Bonchev–Trinajstić information content (AvgIpc) is 2.87. The molecule has 2 saturated heterocycles. The molecule has 184 valence electrons. The summed E-state index contributed by atoms with van der Waals surface area (Å²) in [6.07, 6.45) is 3.58. The Bertz CT molecular complexity index is 1060. The first-order valence-electron chi connectivity index (χ1n) is 12.1. The van der Waals surface area contributed by atoms with Gasteiger partial charge in [0.05, 0.1) is 12.0 Å². The van der Waals surface area contributed by atoms with Crippen LogP contribution in [0.1, 0.15) is 38.2 Å². The highest BCUT2D eigenvalue weighted by Crippen LogP contribution is 2.26. The van der Waals surface area contributed by atoms with Crippen molar-refractivity contribution in [3.8, 4) is 5.75 Å². The van der Waals surface area contributed by atoms with Crippen LogP contribution in [-0.4, -0.2) is 51.9 Å². The van der Waals surface area contributed by atoms with Crippen LogP contribution in [0.4, 0.5) is 5.69 Å². The highest BCUT2D eigenvalue weighted by atomic mass is 32.2. The van der Waals surface area contributed by atoms with E-state index in [4.69, 9.17) is 4.74 Å². The Balaban J connectivity index is 1.26. The standard InChI is InChI=1S/C26H35N3O4S/c1-20-4-3-15-28(19-20)23-7-5-21(6-8-23)18-27-26(30)22-13-16-29(17-14-22)34(31,32)25-11-9-24(33-2)10-12-25/h5-12,20,22H,3-4,13-19H2,1-2H3,(H,27,30)/t20-/m1/s1. The van der Waals surface area contributed by atoms with E-state index in [0.717, 1.165) is 24.6 Å². The molecule has 1 N–H and O–H groups in total. The summed E-state index contributed by atoms with van der Waals surface area (Å²) in [6, 6.07) is 14.9. The van der Waals surface area contributed by atoms with Gasteiger partial charge in [0.1, 0.15) is 5.75 Å². The first-order valence-corrected chi connectivity index (χ1v) is 13.6. The van der Waals surface area contributed by atoms with E-state index < -0.39 is 10.0 Å². The normalized spacial score (nSPS) is 20.2. The zero-order valence-corrected chi connectivity index (χ0v) is 20.9. The maximum Gasteiger partial charge on any atom is 0.243 e. The van der Waals surface area contributed by atoms with Crippen molar-refractivity contribution in [3.05, 3.63) is 54.1 Å². The van der Waals surface area contributed by atoms with Crippen LogP contribution in [-0.2, 0) is 21.4 Å². The minimum absolute atomic E-state index is 0.00423. The summed E-state index contributed by atoms with van der Waals surface area (Å²) in [4.78, 5) is 15.4. The number of carbonyl (C=O) groups excluding carboxylic acids is 1. The largest absolute Gasteiger partial charge is 0.497 e. The second-order valence-electron chi connectivity index (χ2n) is 9.43. The van der Waals surface area contributed by atoms with Gasteiger partial charge in [0.2, 0.25) is 15.9 Å². The summed E-state index contributed by atoms with van der Waals surface area (Å²) in [5, 5.41) is 3.04. The van der Waals surface area contributed by atoms with E-state index in [1.165, 1.54) is 22.8 Å². The molecule has 2 aromatic rings. The summed E-state index contributed by atoms with van der Waals surface area (Å²) < 4.78 is 32.4. The van der Waals surface area contributed by atoms with Crippen LogP contribution >= 0.6 is 0 Å². The second kappa shape index (κ2) is 10.8. The molecule has 2 aromatic carbocycles. The molecule has 2 aliphatic heterocycles. The van der Waals surface area contributed by atoms with E-state index in [1.807, 2.05) is 0 Å². The number of nitrogens with one attached hydrogen (secondary N) is 1. The van der Waals surface area contributed by atoms with E-state index in [1.54, 1.807) is 31.4 Å². The van der Waals surface area contributed by atoms with Gasteiger partial charge in [-0.05, 0) is 73.6 Å². The zero-order valence-electron chi connectivity index (χ0n) is 20.1. The van der Waals surface area contributed by atoms with Crippen molar-refractivity contribution in [1.82, 2.24) is 9.62 Å². The van der Waals surface area contributed by atoms with Crippen molar-refractivity contribution in [3.63, 3.8) is 0 Å². The lowest BCUT2D eigenvalue weighted by atomic mass is 9.97. The Morgan fingerprint density at radius 3 is 2.29 bits per heavy atom. The number of rotatable bonds is 7. The Hall–Kier alpha value is -2.58. The number of benzene rings is 2. The Morgan fingerprint density at radius 2 is 1.68 bits per heavy atom. The molecule has 0 aliphatic carbocycles. The zero-order chi connectivity index (χ0) is 24.1. The number of piperidine rings is 2. The van der Waals surface area contributed by atoms with Crippen LogP contribution in [0, 0.1) is 11.8 Å². The van der Waals surface area contributed by atoms with Crippen molar-refractivity contribution < 1.29 is 17.9 Å². The minimum atomic E-state index is -3.57. The van der Waals surface area contributed by atoms with E-state index in [0.29, 0.717) is 38.2 Å². The van der Waals surface area contributed by atoms with E-state index in [9.17, 15) is 13.2 Å². The predicted molar refractivity (Wildman–Crippen MR) is 133 cm³/mol. The van der Waals surface area contributed by atoms with E-state index in [2.05, 4.69) is 41.4 Å². The van der Waals surface area contributed by atoms with Crippen LogP contribution in [0.25, 0.3) is 0 Å². The van der Waals surface area contributed by atoms with Crippen molar-refractivity contribution in [2.24, 2.45) is 11.8 Å². The lowest BCUT2D eigenvalue weighted by Crippen LogP contribution is -2.42. The fraction of sp³-hybridized carbons (Fsp3) is 0.500. The van der Waals surface area contributed by atoms with Crippen LogP contribution < -0.4 is 15.0 Å². The second-order valence-corrected chi connectivity index (χ2v) is 11.4. The van der Waals surface area contributed by atoms with Crippen LogP contribution in [0.3, 0.4) is 0 Å². The maximum absolute atomic E-state index is 12.9. The molecule has 0 unspecified atom stereocenters. The van der Waals surface area contributed by atoms with Crippen molar-refractivity contribution in [2.45, 2.75) is 44.0 Å². The van der Waals surface area contributed by atoms with Gasteiger partial charge in [-0.15, -0.1) is 0 Å². The molecule has 0 bridgehead atoms. The number of nitrogens with zero attached hydrogens (tertiary/aromatic N) is 2. The summed E-state index contributed by atoms with van der Waals surface area (Å²) in [5.41, 5.74) is 2.31. The maximum atomic E-state index is 12.9. The minimum Gasteiger partial charge on any atom is -0.497 e. The quantitative estimate of drug-likeness (QED) is 0.648. The lowest BCUT2D eigenvalue weighted by Gasteiger charge is -2.33. The Morgan fingerprint density at radius 1 is 1.00 bits per heavy atom. The number of hydrogen-bond donors (Lipinski definition) is 1. The fourth-order valence-corrected chi connectivity index (χ4v) is 6.31. The third-order valence-electron chi connectivity index (χ3n) is 6.95. The van der Waals surface area contributed by atoms with Crippen molar-refractivity contribution in [2.75, 3.05) is 38.2 Å². The fourth-order valence-electron chi connectivity index (χ4n) is 4.84. The molecular formula is C26H35N3O4S. The van der Waals surface area contributed by atoms with Crippen LogP contribution in [0.5, 0.6) is 5.75 Å². The van der Waals surface area contributed by atoms with Crippen LogP contribution in [0.2, 0.25) is 0 Å². The summed E-state index contributed by atoms with van der Waals surface area (Å²) in [5.74, 6) is 1.17. The SMILES string of the molecule is COc1ccc(S(=O)(=O)N2CCC(C(=O)NCc3ccc(N4CCC[C@@H](C)C4)cc3)CC2)cc1. The highest BCUT2D eigenvalue weighted by molar-refractivity contribution is 7.89. The van der Waals surface area contributed by atoms with Crippen molar-refractivity contribution >= 4 is 21.6 Å². The first-order chi connectivity index (χ1) is 16.4. The molecule has 1 amide bonds. The molecule has 1 atom stereocenters. The number of anilines is 1. The number of methoxy groups -OCH3 is 1. The highest BCUT2D eigenvalue weighted by Gasteiger charge is 2.32. The average molecular weight is 486 g/mol. The van der Waals surface area contributed by atoms with Gasteiger partial charge in [-0.1, -0.05) is 19.1 Å². The first kappa shape index (κ1) is 24.5. The summed E-state index contributed by atoms with van der Waals surface area (Å²) in [7, 11) is -2.02. The van der Waals surface area contributed by atoms with Gasteiger partial charge in [-0.25, -0.2) is 8.42 Å². The van der Waals surface area contributed by atoms with Gasteiger partial charge in [-0.2, -0.15) is 4.31 Å². The third kappa shape index (κ3) is 5.73. The topological polar surface area (TPSA) is 79.0 Å². The lowest BCUT2D eigenvalue weighted by molar-refractivity contribution is -0.126. The molecule has 0 radical (unpaired) electrons. The Labute approximate surface area is 203 Å². The summed E-state index contributed by atoms with van der Waals surface area (Å²) >= 11 is 0. The number of amides is 1. The smallest absolute Gasteiger partial charge is 0.243 e. The number of carbonyl (C=O) groups is 1. The molecule has 2 heterocycles. The molecular weight excluding hydrogens is 450 g/mol. The third-order valence-corrected chi connectivity index (χ3v) is 8.86. The predicted octanol–water partition coefficient (Wildman–Crippen LogP) is 3.65. The monoisotopic (exact) mass is 485 g/mol. The summed E-state index contributed by atoms with van der Waals surface area (Å²) in [6.45, 7) is 5.68. The molecule has 0 aromatic heterocycles. The van der Waals surface area contributed by atoms with Gasteiger partial charge in [-0.3, -0.25) is 4.79 Å². The number of sulfonamides is 1. The van der Waals surface area contributed by atoms with E-state index >= 15 is 0 Å². The molecule has 2 fully saturated rings. The Kier molecular flexibility index (Phi) is 7.78. The van der Waals surface area contributed by atoms with Gasteiger partial charge >= 0.3 is 0 Å². The molecule has 2 aliphatic rings. The van der Waals surface area contributed by atoms with E-state index in [-0.39, 0.29) is 16.7 Å². The van der Waals surface area contributed by atoms with Gasteiger partial charge in [0, 0.05) is 44.3 Å². The molecule has 34 heavy (non-hydrogen) atoms. The number of ether oxygens (including phenoxy) is 1. The van der Waals surface area contributed by atoms with Gasteiger partial charge in [0.15, 0.2) is 0 Å².